The summed E-state index contributed by atoms with van der Waals surface area (Å²) in [5.41, 5.74) is 6.45. The largest absolute Gasteiger partial charge is 0.366 e. The first-order valence-electron chi connectivity index (χ1n) is 5.48. The van der Waals surface area contributed by atoms with Crippen LogP contribution >= 0.6 is 27.3 Å². The number of thiophene rings is 1. The number of hydrogen-bond acceptors (Lipinski definition) is 3. The van der Waals surface area contributed by atoms with E-state index in [1.54, 1.807) is 11.4 Å². The molecule has 3 N–H and O–H groups in total. The minimum Gasteiger partial charge on any atom is -0.366 e. The summed E-state index contributed by atoms with van der Waals surface area (Å²) in [5, 5.41) is 4.91. The van der Waals surface area contributed by atoms with Crippen LogP contribution in [-0.4, -0.2) is 11.8 Å². The van der Waals surface area contributed by atoms with Crippen molar-refractivity contribution in [3.63, 3.8) is 0 Å². The molecule has 1 aromatic heterocycles. The number of hydrogen-bond donors (Lipinski definition) is 2. The third-order valence-electron chi connectivity index (χ3n) is 2.49. The number of rotatable bonds is 4. The molecule has 4 nitrogen and oxygen atoms in total. The summed E-state index contributed by atoms with van der Waals surface area (Å²) < 4.78 is 0.881. The van der Waals surface area contributed by atoms with E-state index in [4.69, 9.17) is 5.73 Å². The fourth-order valence-corrected chi connectivity index (χ4v) is 2.82. The lowest BCUT2D eigenvalue weighted by Crippen LogP contribution is -2.18. The zero-order chi connectivity index (χ0) is 13.8. The standard InChI is InChI=1S/C13H11BrN2O2S/c14-10-4-2-1-3-8(10)7-11(17)16-13-9(12(15)18)5-6-19-13/h1-6H,7H2,(H2,15,18)(H,16,17). The van der Waals surface area contributed by atoms with Gasteiger partial charge in [-0.1, -0.05) is 34.1 Å². The zero-order valence-corrected chi connectivity index (χ0v) is 12.3. The van der Waals surface area contributed by atoms with E-state index < -0.39 is 5.91 Å². The number of primary amides is 1. The van der Waals surface area contributed by atoms with Gasteiger partial charge in [0, 0.05) is 4.47 Å². The summed E-state index contributed by atoms with van der Waals surface area (Å²) in [4.78, 5) is 23.1. The lowest BCUT2D eigenvalue weighted by Gasteiger charge is -2.06. The van der Waals surface area contributed by atoms with Crippen LogP contribution in [0.2, 0.25) is 0 Å². The third kappa shape index (κ3) is 3.42. The fourth-order valence-electron chi connectivity index (χ4n) is 1.59. The summed E-state index contributed by atoms with van der Waals surface area (Å²) in [7, 11) is 0. The van der Waals surface area contributed by atoms with Crippen LogP contribution in [-0.2, 0) is 11.2 Å². The molecule has 0 atom stereocenters. The van der Waals surface area contributed by atoms with Gasteiger partial charge < -0.3 is 11.1 Å². The van der Waals surface area contributed by atoms with Crippen LogP contribution in [0.3, 0.4) is 0 Å². The average Bonchev–Trinajstić information content (AvgIpc) is 2.80. The van der Waals surface area contributed by atoms with Crippen LogP contribution in [0, 0.1) is 0 Å². The Morgan fingerprint density at radius 1 is 1.26 bits per heavy atom. The van der Waals surface area contributed by atoms with Crippen LogP contribution in [0.5, 0.6) is 0 Å². The number of nitrogens with one attached hydrogen (secondary N) is 1. The van der Waals surface area contributed by atoms with E-state index in [0.29, 0.717) is 10.6 Å². The van der Waals surface area contributed by atoms with E-state index >= 15 is 0 Å². The molecule has 2 amide bonds. The number of nitrogens with two attached hydrogens (primary N) is 1. The Labute approximate surface area is 122 Å². The Balaban J connectivity index is 2.08. The zero-order valence-electron chi connectivity index (χ0n) is 9.85. The van der Waals surface area contributed by atoms with Crippen molar-refractivity contribution >= 4 is 44.1 Å². The van der Waals surface area contributed by atoms with Gasteiger partial charge >= 0.3 is 0 Å². The SMILES string of the molecule is NC(=O)c1ccsc1NC(=O)Cc1ccccc1Br. The number of benzene rings is 1. The van der Waals surface area contributed by atoms with Gasteiger partial charge in [-0.25, -0.2) is 0 Å². The van der Waals surface area contributed by atoms with Gasteiger partial charge in [-0.15, -0.1) is 11.3 Å². The van der Waals surface area contributed by atoms with Gasteiger partial charge in [0.25, 0.3) is 5.91 Å². The predicted molar refractivity (Wildman–Crippen MR) is 79.3 cm³/mol. The summed E-state index contributed by atoms with van der Waals surface area (Å²) >= 11 is 4.67. The van der Waals surface area contributed by atoms with Crippen molar-refractivity contribution in [1.82, 2.24) is 0 Å². The van der Waals surface area contributed by atoms with E-state index in [0.717, 1.165) is 10.0 Å². The highest BCUT2D eigenvalue weighted by Gasteiger charge is 2.13. The van der Waals surface area contributed by atoms with E-state index in [2.05, 4.69) is 21.2 Å². The second-order valence-electron chi connectivity index (χ2n) is 3.84. The van der Waals surface area contributed by atoms with E-state index in [9.17, 15) is 9.59 Å². The molecule has 19 heavy (non-hydrogen) atoms. The molecule has 0 aliphatic heterocycles. The normalized spacial score (nSPS) is 10.2. The molecule has 2 rings (SSSR count). The highest BCUT2D eigenvalue weighted by atomic mass is 79.9. The van der Waals surface area contributed by atoms with Crippen LogP contribution in [0.4, 0.5) is 5.00 Å². The number of carbonyl (C=O) groups excluding carboxylic acids is 2. The van der Waals surface area contributed by atoms with Crippen molar-refractivity contribution in [2.24, 2.45) is 5.73 Å². The molecule has 1 aromatic carbocycles. The van der Waals surface area contributed by atoms with Crippen molar-refractivity contribution in [3.8, 4) is 0 Å². The maximum absolute atomic E-state index is 11.9. The smallest absolute Gasteiger partial charge is 0.251 e. The first-order valence-corrected chi connectivity index (χ1v) is 7.15. The Kier molecular flexibility index (Phi) is 4.34. The Bertz CT molecular complexity index is 625. The Morgan fingerprint density at radius 2 is 2.00 bits per heavy atom. The molecule has 0 saturated heterocycles. The number of anilines is 1. The minimum absolute atomic E-state index is 0.183. The molecule has 0 saturated carbocycles. The molecule has 0 aliphatic carbocycles. The van der Waals surface area contributed by atoms with Gasteiger partial charge in [-0.3, -0.25) is 9.59 Å². The van der Waals surface area contributed by atoms with Crippen LogP contribution in [0.15, 0.2) is 40.2 Å². The molecule has 1 heterocycles. The van der Waals surface area contributed by atoms with Gasteiger partial charge in [0.15, 0.2) is 0 Å². The maximum atomic E-state index is 11.9. The number of carbonyl (C=O) groups is 2. The van der Waals surface area contributed by atoms with Crippen molar-refractivity contribution in [2.75, 3.05) is 5.32 Å². The van der Waals surface area contributed by atoms with Crippen LogP contribution in [0.1, 0.15) is 15.9 Å². The minimum atomic E-state index is -0.544. The first kappa shape index (κ1) is 13.8. The molecular formula is C13H11BrN2O2S. The van der Waals surface area contributed by atoms with Gasteiger partial charge in [0.2, 0.25) is 5.91 Å². The predicted octanol–water partition coefficient (Wildman–Crippen LogP) is 2.79. The maximum Gasteiger partial charge on any atom is 0.251 e. The number of halogens is 1. The quantitative estimate of drug-likeness (QED) is 0.899. The van der Waals surface area contributed by atoms with Crippen LogP contribution in [0.25, 0.3) is 0 Å². The topological polar surface area (TPSA) is 72.2 Å². The monoisotopic (exact) mass is 338 g/mol. The number of amides is 2. The average molecular weight is 339 g/mol. The fraction of sp³-hybridized carbons (Fsp3) is 0.0769. The highest BCUT2D eigenvalue weighted by Crippen LogP contribution is 2.23. The van der Waals surface area contributed by atoms with E-state index in [1.807, 2.05) is 24.3 Å². The van der Waals surface area contributed by atoms with Crippen molar-refractivity contribution in [1.29, 1.82) is 0 Å². The Morgan fingerprint density at radius 3 is 2.68 bits per heavy atom. The van der Waals surface area contributed by atoms with E-state index in [1.165, 1.54) is 11.3 Å². The molecule has 6 heteroatoms. The molecule has 0 spiro atoms. The molecule has 2 aromatic rings. The molecule has 0 aliphatic rings. The lowest BCUT2D eigenvalue weighted by atomic mass is 10.1. The summed E-state index contributed by atoms with van der Waals surface area (Å²) in [5.74, 6) is -0.728. The molecule has 98 valence electrons. The molecule has 0 radical (unpaired) electrons. The van der Waals surface area contributed by atoms with Gasteiger partial charge in [0.05, 0.1) is 12.0 Å². The summed E-state index contributed by atoms with van der Waals surface area (Å²) in [6.45, 7) is 0. The van der Waals surface area contributed by atoms with Crippen LogP contribution < -0.4 is 11.1 Å². The van der Waals surface area contributed by atoms with Crippen molar-refractivity contribution < 1.29 is 9.59 Å². The molecule has 0 bridgehead atoms. The molecule has 0 fully saturated rings. The van der Waals surface area contributed by atoms with Gasteiger partial charge in [0.1, 0.15) is 5.00 Å². The lowest BCUT2D eigenvalue weighted by molar-refractivity contribution is -0.115. The first-order chi connectivity index (χ1) is 9.08. The Hall–Kier alpha value is -1.66. The molecular weight excluding hydrogens is 328 g/mol. The highest BCUT2D eigenvalue weighted by molar-refractivity contribution is 9.10. The second-order valence-corrected chi connectivity index (χ2v) is 5.61. The third-order valence-corrected chi connectivity index (χ3v) is 4.10. The van der Waals surface area contributed by atoms with Gasteiger partial charge in [-0.2, -0.15) is 0 Å². The van der Waals surface area contributed by atoms with Crippen molar-refractivity contribution in [2.45, 2.75) is 6.42 Å². The summed E-state index contributed by atoms with van der Waals surface area (Å²) in [6.07, 6.45) is 0.234. The summed E-state index contributed by atoms with van der Waals surface area (Å²) in [6, 6.07) is 9.10. The van der Waals surface area contributed by atoms with Crippen molar-refractivity contribution in [3.05, 3.63) is 51.3 Å². The van der Waals surface area contributed by atoms with E-state index in [-0.39, 0.29) is 12.3 Å². The molecule has 0 unspecified atom stereocenters. The second kappa shape index (κ2) is 5.99. The van der Waals surface area contributed by atoms with Gasteiger partial charge in [-0.05, 0) is 23.1 Å².